The number of phenolic OH excluding ortho intramolecular Hbond substituents is 2. The molecule has 0 radical (unpaired) electrons. The zero-order valence-electron chi connectivity index (χ0n) is 9.33. The predicted molar refractivity (Wildman–Crippen MR) is 61.2 cm³/mol. The maximum absolute atomic E-state index is 11.9. The molecule has 3 N–H and O–H groups in total. The first kappa shape index (κ1) is 11.9. The van der Waals surface area contributed by atoms with Gasteiger partial charge in [-0.25, -0.2) is 0 Å². The smallest absolute Gasteiger partial charge is 0.176 e. The molecule has 1 fully saturated rings. The van der Waals surface area contributed by atoms with Gasteiger partial charge in [0.25, 0.3) is 0 Å². The number of nitrogens with zero attached hydrogens (tertiary/aromatic N) is 1. The Morgan fingerprint density at radius 3 is 2.71 bits per heavy atom. The average Bonchev–Trinajstić information content (AvgIpc) is 2.68. The zero-order chi connectivity index (χ0) is 12.4. The number of aliphatic hydroxyl groups excluding tert-OH is 1. The van der Waals surface area contributed by atoms with Crippen molar-refractivity contribution in [1.82, 2.24) is 4.90 Å². The largest absolute Gasteiger partial charge is 0.504 e. The first-order chi connectivity index (χ1) is 8.06. The van der Waals surface area contributed by atoms with Gasteiger partial charge in [0.2, 0.25) is 0 Å². The number of phenols is 2. The van der Waals surface area contributed by atoms with E-state index in [0.29, 0.717) is 25.1 Å². The number of Topliss-reactive ketones (excluding diaryl/α,β-unsaturated/α-hetero) is 1. The van der Waals surface area contributed by atoms with E-state index >= 15 is 0 Å². The fourth-order valence-electron chi connectivity index (χ4n) is 1.95. The van der Waals surface area contributed by atoms with Gasteiger partial charge in [0.15, 0.2) is 17.3 Å². The third-order valence-corrected chi connectivity index (χ3v) is 2.91. The van der Waals surface area contributed by atoms with Crippen LogP contribution in [0.15, 0.2) is 18.2 Å². The summed E-state index contributed by atoms with van der Waals surface area (Å²) in [4.78, 5) is 13.7. The zero-order valence-corrected chi connectivity index (χ0v) is 9.33. The van der Waals surface area contributed by atoms with E-state index in [2.05, 4.69) is 0 Å². The van der Waals surface area contributed by atoms with Gasteiger partial charge in [0.1, 0.15) is 0 Å². The van der Waals surface area contributed by atoms with Crippen LogP contribution in [-0.4, -0.2) is 51.7 Å². The molecule has 1 atom stereocenters. The standard InChI is InChI=1S/C12H15NO4/c14-9-3-4-13(6-9)7-12(17)8-1-2-10(15)11(16)5-8/h1-2,5,9,14-16H,3-4,6-7H2. The summed E-state index contributed by atoms with van der Waals surface area (Å²) in [6, 6.07) is 4.02. The second-order valence-corrected chi connectivity index (χ2v) is 4.30. The van der Waals surface area contributed by atoms with Crippen molar-refractivity contribution >= 4 is 5.78 Å². The maximum atomic E-state index is 11.9. The minimum absolute atomic E-state index is 0.130. The summed E-state index contributed by atoms with van der Waals surface area (Å²) in [5.74, 6) is -0.662. The van der Waals surface area contributed by atoms with Gasteiger partial charge in [-0.3, -0.25) is 9.69 Å². The lowest BCUT2D eigenvalue weighted by Crippen LogP contribution is -2.28. The Hall–Kier alpha value is -1.59. The number of carbonyl (C=O) groups is 1. The summed E-state index contributed by atoms with van der Waals surface area (Å²) in [6.07, 6.45) is 0.338. The normalized spacial score (nSPS) is 20.6. The lowest BCUT2D eigenvalue weighted by atomic mass is 10.1. The topological polar surface area (TPSA) is 81.0 Å². The summed E-state index contributed by atoms with van der Waals surface area (Å²) < 4.78 is 0. The van der Waals surface area contributed by atoms with Crippen LogP contribution in [0.1, 0.15) is 16.8 Å². The van der Waals surface area contributed by atoms with Crippen LogP contribution in [0.2, 0.25) is 0 Å². The van der Waals surface area contributed by atoms with Crippen molar-refractivity contribution in [3.8, 4) is 11.5 Å². The molecule has 0 aromatic heterocycles. The van der Waals surface area contributed by atoms with E-state index in [4.69, 9.17) is 5.11 Å². The van der Waals surface area contributed by atoms with Crippen LogP contribution < -0.4 is 0 Å². The molecule has 17 heavy (non-hydrogen) atoms. The number of ketones is 1. The van der Waals surface area contributed by atoms with Crippen molar-refractivity contribution in [2.45, 2.75) is 12.5 Å². The van der Waals surface area contributed by atoms with E-state index in [1.165, 1.54) is 18.2 Å². The lowest BCUT2D eigenvalue weighted by Gasteiger charge is -2.13. The van der Waals surface area contributed by atoms with E-state index in [0.717, 1.165) is 0 Å². The Morgan fingerprint density at radius 1 is 1.35 bits per heavy atom. The lowest BCUT2D eigenvalue weighted by molar-refractivity contribution is 0.0934. The molecule has 1 heterocycles. The van der Waals surface area contributed by atoms with Crippen LogP contribution >= 0.6 is 0 Å². The second-order valence-electron chi connectivity index (χ2n) is 4.30. The third-order valence-electron chi connectivity index (χ3n) is 2.91. The van der Waals surface area contributed by atoms with Gasteiger partial charge < -0.3 is 15.3 Å². The molecule has 0 saturated carbocycles. The molecule has 2 rings (SSSR count). The van der Waals surface area contributed by atoms with Crippen LogP contribution in [-0.2, 0) is 0 Å². The molecule has 1 unspecified atom stereocenters. The molecule has 0 aliphatic carbocycles. The molecule has 0 bridgehead atoms. The summed E-state index contributed by atoms with van der Waals surface area (Å²) in [6.45, 7) is 1.44. The SMILES string of the molecule is O=C(CN1CCC(O)C1)c1ccc(O)c(O)c1. The number of β-amino-alcohol motifs (C(OH)–C–C–N with tert-alkyl or cyclic N) is 1. The second kappa shape index (κ2) is 4.73. The summed E-state index contributed by atoms with van der Waals surface area (Å²) in [7, 11) is 0. The Kier molecular flexibility index (Phi) is 3.31. The molecule has 1 aromatic carbocycles. The summed E-state index contributed by atoms with van der Waals surface area (Å²) in [5, 5.41) is 27.8. The molecule has 1 aliphatic rings. The van der Waals surface area contributed by atoms with Crippen LogP contribution in [0.4, 0.5) is 0 Å². The molecule has 5 nitrogen and oxygen atoms in total. The minimum Gasteiger partial charge on any atom is -0.504 e. The Balaban J connectivity index is 2.02. The van der Waals surface area contributed by atoms with Crippen molar-refractivity contribution in [2.24, 2.45) is 0 Å². The molecular weight excluding hydrogens is 222 g/mol. The van der Waals surface area contributed by atoms with Gasteiger partial charge in [-0.2, -0.15) is 0 Å². The number of rotatable bonds is 3. The van der Waals surface area contributed by atoms with Gasteiger partial charge in [-0.1, -0.05) is 0 Å². The Labute approximate surface area is 98.9 Å². The van der Waals surface area contributed by atoms with E-state index in [1.54, 1.807) is 0 Å². The minimum atomic E-state index is -0.351. The first-order valence-electron chi connectivity index (χ1n) is 5.52. The molecule has 1 saturated heterocycles. The highest BCUT2D eigenvalue weighted by molar-refractivity contribution is 5.98. The van der Waals surface area contributed by atoms with Crippen LogP contribution in [0.3, 0.4) is 0 Å². The fraction of sp³-hybridized carbons (Fsp3) is 0.417. The molecule has 92 valence electrons. The molecular formula is C12H15NO4. The highest BCUT2D eigenvalue weighted by atomic mass is 16.3. The van der Waals surface area contributed by atoms with Gasteiger partial charge in [0.05, 0.1) is 12.6 Å². The molecule has 1 aromatic rings. The number of benzene rings is 1. The summed E-state index contributed by atoms with van der Waals surface area (Å²) in [5.41, 5.74) is 0.363. The highest BCUT2D eigenvalue weighted by Crippen LogP contribution is 2.25. The Bertz CT molecular complexity index is 433. The number of hydrogen-bond acceptors (Lipinski definition) is 5. The fourth-order valence-corrected chi connectivity index (χ4v) is 1.95. The van der Waals surface area contributed by atoms with Crippen molar-refractivity contribution in [3.05, 3.63) is 23.8 Å². The highest BCUT2D eigenvalue weighted by Gasteiger charge is 2.22. The molecule has 1 aliphatic heterocycles. The van der Waals surface area contributed by atoms with Gasteiger partial charge >= 0.3 is 0 Å². The number of carbonyl (C=O) groups excluding carboxylic acids is 1. The monoisotopic (exact) mass is 237 g/mol. The van der Waals surface area contributed by atoms with E-state index in [9.17, 15) is 15.0 Å². The van der Waals surface area contributed by atoms with Gasteiger partial charge in [-0.05, 0) is 24.6 Å². The van der Waals surface area contributed by atoms with Crippen molar-refractivity contribution in [3.63, 3.8) is 0 Å². The van der Waals surface area contributed by atoms with Crippen LogP contribution in [0, 0.1) is 0 Å². The number of likely N-dealkylation sites (tertiary alicyclic amines) is 1. The number of hydrogen-bond donors (Lipinski definition) is 3. The molecule has 0 spiro atoms. The van der Waals surface area contributed by atoms with Crippen molar-refractivity contribution in [2.75, 3.05) is 19.6 Å². The maximum Gasteiger partial charge on any atom is 0.176 e. The molecule has 0 amide bonds. The van der Waals surface area contributed by atoms with E-state index < -0.39 is 0 Å². The molecule has 5 heteroatoms. The van der Waals surface area contributed by atoms with Gasteiger partial charge in [0, 0.05) is 18.7 Å². The number of aliphatic hydroxyl groups is 1. The predicted octanol–water partition coefficient (Wildman–Crippen LogP) is 0.347. The van der Waals surface area contributed by atoms with Crippen LogP contribution in [0.5, 0.6) is 11.5 Å². The van der Waals surface area contributed by atoms with Gasteiger partial charge in [-0.15, -0.1) is 0 Å². The van der Waals surface area contributed by atoms with Crippen molar-refractivity contribution in [1.29, 1.82) is 0 Å². The summed E-state index contributed by atoms with van der Waals surface area (Å²) >= 11 is 0. The van der Waals surface area contributed by atoms with Crippen LogP contribution in [0.25, 0.3) is 0 Å². The number of aromatic hydroxyl groups is 2. The van der Waals surface area contributed by atoms with E-state index in [-0.39, 0.29) is 29.9 Å². The quantitative estimate of drug-likeness (QED) is 0.522. The average molecular weight is 237 g/mol. The third kappa shape index (κ3) is 2.75. The van der Waals surface area contributed by atoms with E-state index in [1.807, 2.05) is 4.90 Å². The van der Waals surface area contributed by atoms with Crippen molar-refractivity contribution < 1.29 is 20.1 Å². The first-order valence-corrected chi connectivity index (χ1v) is 5.52. The Morgan fingerprint density at radius 2 is 2.12 bits per heavy atom.